The molecular formula is C19H25N3O2. The normalized spacial score (nSPS) is 15.9. The van der Waals surface area contributed by atoms with Gasteiger partial charge in [-0.15, -0.1) is 0 Å². The van der Waals surface area contributed by atoms with Crippen LogP contribution in [0.15, 0.2) is 30.6 Å². The molecule has 0 radical (unpaired) electrons. The van der Waals surface area contributed by atoms with Crippen LogP contribution < -0.4 is 4.74 Å². The fourth-order valence-corrected chi connectivity index (χ4v) is 3.20. The van der Waals surface area contributed by atoms with Crippen molar-refractivity contribution < 1.29 is 9.53 Å². The number of hydrogen-bond donors (Lipinski definition) is 0. The number of benzene rings is 1. The summed E-state index contributed by atoms with van der Waals surface area (Å²) in [6.07, 6.45) is 4.29. The Morgan fingerprint density at radius 3 is 2.54 bits per heavy atom. The summed E-state index contributed by atoms with van der Waals surface area (Å²) >= 11 is 0. The van der Waals surface area contributed by atoms with Crippen LogP contribution in [0.3, 0.4) is 0 Å². The van der Waals surface area contributed by atoms with Gasteiger partial charge in [0.05, 0.1) is 13.1 Å². The molecule has 1 aliphatic heterocycles. The molecule has 1 atom stereocenters. The molecule has 0 bridgehead atoms. The fraction of sp³-hybridized carbons (Fsp3) is 0.474. The molecule has 2 aromatic rings. The summed E-state index contributed by atoms with van der Waals surface area (Å²) in [6.45, 7) is 9.46. The standard InChI is InChI=1S/C19H25N3O2/c1-13-6-5-7-14(2)19(13)24-17-11-21(12-17)18(23)10-15(3)22-9-8-20-16(22)4/h5-9,15,17H,10-12H2,1-4H3/t15-/m1/s1. The Hall–Kier alpha value is -2.30. The van der Waals surface area contributed by atoms with Crippen molar-refractivity contribution in [2.24, 2.45) is 0 Å². The van der Waals surface area contributed by atoms with E-state index in [2.05, 4.69) is 37.9 Å². The van der Waals surface area contributed by atoms with Crippen LogP contribution in [0.4, 0.5) is 0 Å². The number of carbonyl (C=O) groups is 1. The van der Waals surface area contributed by atoms with Gasteiger partial charge in [0.2, 0.25) is 5.91 Å². The zero-order chi connectivity index (χ0) is 17.3. The minimum Gasteiger partial charge on any atom is -0.486 e. The van der Waals surface area contributed by atoms with E-state index in [0.29, 0.717) is 19.5 Å². The van der Waals surface area contributed by atoms with Gasteiger partial charge in [-0.1, -0.05) is 18.2 Å². The van der Waals surface area contributed by atoms with Gasteiger partial charge in [0.1, 0.15) is 17.7 Å². The number of ether oxygens (including phenoxy) is 1. The Morgan fingerprint density at radius 1 is 1.29 bits per heavy atom. The third-order valence-electron chi connectivity index (χ3n) is 4.70. The summed E-state index contributed by atoms with van der Waals surface area (Å²) in [4.78, 5) is 18.5. The molecule has 1 aromatic heterocycles. The van der Waals surface area contributed by atoms with Crippen molar-refractivity contribution in [3.63, 3.8) is 0 Å². The van der Waals surface area contributed by atoms with Crippen LogP contribution in [0.25, 0.3) is 0 Å². The Labute approximate surface area is 143 Å². The van der Waals surface area contributed by atoms with Crippen LogP contribution in [0.2, 0.25) is 0 Å². The van der Waals surface area contributed by atoms with Crippen molar-refractivity contribution >= 4 is 5.91 Å². The van der Waals surface area contributed by atoms with Crippen molar-refractivity contribution in [1.82, 2.24) is 14.5 Å². The Bertz CT molecular complexity index is 712. The largest absolute Gasteiger partial charge is 0.486 e. The van der Waals surface area contributed by atoms with E-state index in [1.165, 1.54) is 0 Å². The molecule has 0 saturated carbocycles. The van der Waals surface area contributed by atoms with Crippen molar-refractivity contribution in [3.8, 4) is 5.75 Å². The van der Waals surface area contributed by atoms with Crippen LogP contribution in [-0.2, 0) is 4.79 Å². The number of hydrogen-bond acceptors (Lipinski definition) is 3. The summed E-state index contributed by atoms with van der Waals surface area (Å²) in [5.74, 6) is 2.07. The van der Waals surface area contributed by atoms with E-state index in [1.807, 2.05) is 28.7 Å². The highest BCUT2D eigenvalue weighted by Gasteiger charge is 2.33. The van der Waals surface area contributed by atoms with E-state index in [4.69, 9.17) is 4.74 Å². The summed E-state index contributed by atoms with van der Waals surface area (Å²) in [7, 11) is 0. The van der Waals surface area contributed by atoms with E-state index in [9.17, 15) is 4.79 Å². The van der Waals surface area contributed by atoms with E-state index in [1.54, 1.807) is 6.20 Å². The molecule has 5 heteroatoms. The zero-order valence-corrected chi connectivity index (χ0v) is 14.8. The van der Waals surface area contributed by atoms with Gasteiger partial charge in [0.15, 0.2) is 0 Å². The van der Waals surface area contributed by atoms with E-state index < -0.39 is 0 Å². The van der Waals surface area contributed by atoms with Crippen LogP contribution in [0.5, 0.6) is 5.75 Å². The highest BCUT2D eigenvalue weighted by Crippen LogP contribution is 2.26. The van der Waals surface area contributed by atoms with E-state index in [-0.39, 0.29) is 18.1 Å². The average Bonchev–Trinajstić information content (AvgIpc) is 2.91. The maximum absolute atomic E-state index is 12.4. The lowest BCUT2D eigenvalue weighted by molar-refractivity contribution is -0.140. The Morgan fingerprint density at radius 2 is 1.96 bits per heavy atom. The van der Waals surface area contributed by atoms with Crippen LogP contribution in [-0.4, -0.2) is 39.6 Å². The molecule has 5 nitrogen and oxygen atoms in total. The number of amides is 1. The molecule has 1 amide bonds. The summed E-state index contributed by atoms with van der Waals surface area (Å²) in [5.41, 5.74) is 2.29. The maximum Gasteiger partial charge on any atom is 0.224 e. The molecule has 2 heterocycles. The van der Waals surface area contributed by atoms with E-state index >= 15 is 0 Å². The first-order valence-corrected chi connectivity index (χ1v) is 8.45. The summed E-state index contributed by atoms with van der Waals surface area (Å²) in [5, 5.41) is 0. The first kappa shape index (κ1) is 16.6. The second kappa shape index (κ2) is 6.67. The lowest BCUT2D eigenvalue weighted by Crippen LogP contribution is -2.56. The molecule has 0 N–H and O–H groups in total. The van der Waals surface area contributed by atoms with Gasteiger partial charge >= 0.3 is 0 Å². The average molecular weight is 327 g/mol. The smallest absolute Gasteiger partial charge is 0.224 e. The Balaban J connectivity index is 1.51. The third kappa shape index (κ3) is 3.30. The van der Waals surface area contributed by atoms with Crippen LogP contribution in [0.1, 0.15) is 36.3 Å². The molecule has 1 fully saturated rings. The number of aryl methyl sites for hydroxylation is 3. The molecule has 3 rings (SSSR count). The van der Waals surface area contributed by atoms with Crippen molar-refractivity contribution in [2.45, 2.75) is 46.3 Å². The van der Waals surface area contributed by atoms with Crippen molar-refractivity contribution in [2.75, 3.05) is 13.1 Å². The third-order valence-corrected chi connectivity index (χ3v) is 4.70. The van der Waals surface area contributed by atoms with Crippen LogP contribution >= 0.6 is 0 Å². The Kier molecular flexibility index (Phi) is 4.60. The second-order valence-electron chi connectivity index (χ2n) is 6.69. The zero-order valence-electron chi connectivity index (χ0n) is 14.8. The molecule has 1 aromatic carbocycles. The molecule has 0 unspecified atom stereocenters. The number of nitrogens with zero attached hydrogens (tertiary/aromatic N) is 3. The quantitative estimate of drug-likeness (QED) is 0.848. The van der Waals surface area contributed by atoms with Gasteiger partial charge in [-0.25, -0.2) is 4.98 Å². The number of carbonyl (C=O) groups excluding carboxylic acids is 1. The van der Waals surface area contributed by atoms with Gasteiger partial charge < -0.3 is 14.2 Å². The topological polar surface area (TPSA) is 47.4 Å². The molecule has 128 valence electrons. The van der Waals surface area contributed by atoms with Gasteiger partial charge in [0.25, 0.3) is 0 Å². The minimum atomic E-state index is 0.0963. The van der Waals surface area contributed by atoms with Gasteiger partial charge in [0, 0.05) is 24.9 Å². The minimum absolute atomic E-state index is 0.0963. The summed E-state index contributed by atoms with van der Waals surface area (Å²) < 4.78 is 8.12. The van der Waals surface area contributed by atoms with Gasteiger partial charge in [-0.3, -0.25) is 4.79 Å². The number of likely N-dealkylation sites (tertiary alicyclic amines) is 1. The second-order valence-corrected chi connectivity index (χ2v) is 6.69. The van der Waals surface area contributed by atoms with Crippen molar-refractivity contribution in [3.05, 3.63) is 47.5 Å². The highest BCUT2D eigenvalue weighted by atomic mass is 16.5. The van der Waals surface area contributed by atoms with E-state index in [0.717, 1.165) is 22.7 Å². The first-order chi connectivity index (χ1) is 11.5. The number of aromatic nitrogens is 2. The summed E-state index contributed by atoms with van der Waals surface area (Å²) in [6, 6.07) is 6.27. The molecule has 1 saturated heterocycles. The lowest BCUT2D eigenvalue weighted by atomic mass is 10.1. The number of imidazole rings is 1. The fourth-order valence-electron chi connectivity index (χ4n) is 3.20. The number of rotatable bonds is 5. The first-order valence-electron chi connectivity index (χ1n) is 8.45. The van der Waals surface area contributed by atoms with Crippen molar-refractivity contribution in [1.29, 1.82) is 0 Å². The lowest BCUT2D eigenvalue weighted by Gasteiger charge is -2.40. The number of para-hydroxylation sites is 1. The SMILES string of the molecule is Cc1cccc(C)c1OC1CN(C(=O)C[C@@H](C)n2ccnc2C)C1. The predicted molar refractivity (Wildman–Crippen MR) is 93.2 cm³/mol. The molecule has 24 heavy (non-hydrogen) atoms. The highest BCUT2D eigenvalue weighted by molar-refractivity contribution is 5.77. The maximum atomic E-state index is 12.4. The van der Waals surface area contributed by atoms with Gasteiger partial charge in [-0.05, 0) is 38.8 Å². The van der Waals surface area contributed by atoms with Crippen LogP contribution in [0, 0.1) is 20.8 Å². The monoisotopic (exact) mass is 327 g/mol. The van der Waals surface area contributed by atoms with Gasteiger partial charge in [-0.2, -0.15) is 0 Å². The molecule has 0 aliphatic carbocycles. The molecule has 1 aliphatic rings. The molecular weight excluding hydrogens is 302 g/mol. The predicted octanol–water partition coefficient (Wildman–Crippen LogP) is 3.05. The molecule has 0 spiro atoms.